The van der Waals surface area contributed by atoms with Crippen LogP contribution in [-0.4, -0.2) is 23.9 Å². The summed E-state index contributed by atoms with van der Waals surface area (Å²) >= 11 is 0. The minimum absolute atomic E-state index is 0.107. The summed E-state index contributed by atoms with van der Waals surface area (Å²) in [4.78, 5) is 14.2. The molecule has 0 bridgehead atoms. The smallest absolute Gasteiger partial charge is 0.254 e. The first-order valence-electron chi connectivity index (χ1n) is 6.71. The third kappa shape index (κ3) is 2.53. The van der Waals surface area contributed by atoms with Crippen molar-refractivity contribution in [2.24, 2.45) is 0 Å². The van der Waals surface area contributed by atoms with Gasteiger partial charge in [-0.05, 0) is 30.0 Å². The van der Waals surface area contributed by atoms with Gasteiger partial charge in [-0.15, -0.1) is 0 Å². The molecular formula is C17H16NO. The summed E-state index contributed by atoms with van der Waals surface area (Å²) in [5.41, 5.74) is 2.74. The first-order chi connectivity index (χ1) is 9.34. The van der Waals surface area contributed by atoms with E-state index in [0.29, 0.717) is 5.56 Å². The van der Waals surface area contributed by atoms with Crippen molar-refractivity contribution in [1.29, 1.82) is 0 Å². The van der Waals surface area contributed by atoms with E-state index in [2.05, 4.69) is 6.07 Å². The van der Waals surface area contributed by atoms with E-state index >= 15 is 0 Å². The molecule has 1 aliphatic rings. The highest BCUT2D eigenvalue weighted by Gasteiger charge is 2.19. The Morgan fingerprint density at radius 2 is 1.68 bits per heavy atom. The van der Waals surface area contributed by atoms with Crippen LogP contribution in [0.4, 0.5) is 0 Å². The second-order valence-electron chi connectivity index (χ2n) is 4.84. The van der Waals surface area contributed by atoms with Crippen molar-refractivity contribution in [3.05, 3.63) is 60.2 Å². The van der Waals surface area contributed by atoms with Crippen molar-refractivity contribution in [2.45, 2.75) is 12.8 Å². The molecule has 1 heterocycles. The largest absolute Gasteiger partial charge is 0.339 e. The highest BCUT2D eigenvalue weighted by molar-refractivity contribution is 5.95. The third-order valence-corrected chi connectivity index (χ3v) is 3.50. The molecule has 2 heteroatoms. The topological polar surface area (TPSA) is 20.3 Å². The van der Waals surface area contributed by atoms with Gasteiger partial charge >= 0.3 is 0 Å². The monoisotopic (exact) mass is 250 g/mol. The number of benzene rings is 2. The Hall–Kier alpha value is -2.09. The van der Waals surface area contributed by atoms with Gasteiger partial charge in [0, 0.05) is 24.7 Å². The van der Waals surface area contributed by atoms with Gasteiger partial charge in [0.1, 0.15) is 0 Å². The Balaban J connectivity index is 1.89. The molecule has 2 aromatic rings. The average molecular weight is 250 g/mol. The van der Waals surface area contributed by atoms with Crippen LogP contribution in [0, 0.1) is 6.07 Å². The zero-order valence-electron chi connectivity index (χ0n) is 10.8. The lowest BCUT2D eigenvalue weighted by molar-refractivity contribution is 0.0792. The van der Waals surface area contributed by atoms with Gasteiger partial charge in [0.05, 0.1) is 0 Å². The molecule has 1 amide bonds. The molecule has 95 valence electrons. The predicted molar refractivity (Wildman–Crippen MR) is 75.9 cm³/mol. The lowest BCUT2D eigenvalue weighted by Crippen LogP contribution is -2.27. The van der Waals surface area contributed by atoms with Gasteiger partial charge in [0.2, 0.25) is 0 Å². The molecule has 0 spiro atoms. The molecule has 2 aromatic carbocycles. The second-order valence-corrected chi connectivity index (χ2v) is 4.84. The number of carbonyl (C=O) groups excluding carboxylic acids is 1. The van der Waals surface area contributed by atoms with Crippen LogP contribution >= 0.6 is 0 Å². The summed E-state index contributed by atoms with van der Waals surface area (Å²) in [5, 5.41) is 0. The molecule has 0 N–H and O–H groups in total. The molecule has 19 heavy (non-hydrogen) atoms. The molecule has 0 unspecified atom stereocenters. The van der Waals surface area contributed by atoms with E-state index in [0.717, 1.165) is 37.1 Å². The highest BCUT2D eigenvalue weighted by Crippen LogP contribution is 2.21. The van der Waals surface area contributed by atoms with Gasteiger partial charge in [0.15, 0.2) is 0 Å². The third-order valence-electron chi connectivity index (χ3n) is 3.50. The Morgan fingerprint density at radius 3 is 2.42 bits per heavy atom. The quantitative estimate of drug-likeness (QED) is 0.800. The average Bonchev–Trinajstić information content (AvgIpc) is 3.02. The van der Waals surface area contributed by atoms with Gasteiger partial charge in [0.25, 0.3) is 5.91 Å². The first-order valence-corrected chi connectivity index (χ1v) is 6.71. The second kappa shape index (κ2) is 5.27. The van der Waals surface area contributed by atoms with Crippen LogP contribution in [0.5, 0.6) is 0 Å². The van der Waals surface area contributed by atoms with Gasteiger partial charge in [-0.3, -0.25) is 4.79 Å². The van der Waals surface area contributed by atoms with E-state index in [1.54, 1.807) is 0 Å². The minimum atomic E-state index is 0.107. The molecule has 1 fully saturated rings. The number of likely N-dealkylation sites (tertiary alicyclic amines) is 1. The lowest BCUT2D eigenvalue weighted by atomic mass is 10.0. The van der Waals surface area contributed by atoms with E-state index in [4.69, 9.17) is 0 Å². The van der Waals surface area contributed by atoms with Crippen LogP contribution in [0.2, 0.25) is 0 Å². The number of hydrogen-bond acceptors (Lipinski definition) is 1. The van der Waals surface area contributed by atoms with E-state index in [-0.39, 0.29) is 5.91 Å². The number of nitrogens with zero attached hydrogens (tertiary/aromatic N) is 1. The van der Waals surface area contributed by atoms with E-state index < -0.39 is 0 Å². The first kappa shape index (κ1) is 12.0. The maximum Gasteiger partial charge on any atom is 0.254 e. The van der Waals surface area contributed by atoms with Crippen molar-refractivity contribution in [3.8, 4) is 11.1 Å². The van der Waals surface area contributed by atoms with Crippen molar-refractivity contribution >= 4 is 5.91 Å². The molecule has 0 aliphatic carbocycles. The van der Waals surface area contributed by atoms with Gasteiger partial charge in [-0.2, -0.15) is 0 Å². The normalized spacial score (nSPS) is 14.6. The maximum absolute atomic E-state index is 12.3. The Labute approximate surface area is 113 Å². The summed E-state index contributed by atoms with van der Waals surface area (Å²) in [6.07, 6.45) is 2.23. The molecule has 2 nitrogen and oxygen atoms in total. The molecule has 0 aromatic heterocycles. The summed E-state index contributed by atoms with van der Waals surface area (Å²) in [6.45, 7) is 1.75. The van der Waals surface area contributed by atoms with Crippen LogP contribution in [0.1, 0.15) is 23.2 Å². The van der Waals surface area contributed by atoms with E-state index in [1.807, 2.05) is 53.4 Å². The number of amides is 1. The molecule has 0 atom stereocenters. The zero-order chi connectivity index (χ0) is 13.1. The fourth-order valence-electron chi connectivity index (χ4n) is 2.47. The van der Waals surface area contributed by atoms with Crippen LogP contribution in [0.3, 0.4) is 0 Å². The van der Waals surface area contributed by atoms with Gasteiger partial charge < -0.3 is 4.90 Å². The highest BCUT2D eigenvalue weighted by atomic mass is 16.2. The van der Waals surface area contributed by atoms with Crippen molar-refractivity contribution in [3.63, 3.8) is 0 Å². The summed E-state index contributed by atoms with van der Waals surface area (Å²) < 4.78 is 0. The fraction of sp³-hybridized carbons (Fsp3) is 0.235. The Kier molecular flexibility index (Phi) is 3.32. The SMILES string of the molecule is O=C(c1[c]c(-c2ccccc2)ccc1)N1CCCC1. The standard InChI is InChI=1S/C17H16NO/c19-17(18-11-4-5-12-18)16-10-6-9-15(13-16)14-7-2-1-3-8-14/h1-3,6-10H,4-5,11-12H2. The molecule has 1 saturated heterocycles. The van der Waals surface area contributed by atoms with E-state index in [1.165, 1.54) is 0 Å². The van der Waals surface area contributed by atoms with Gasteiger partial charge in [-0.25, -0.2) is 0 Å². The number of rotatable bonds is 2. The summed E-state index contributed by atoms with van der Waals surface area (Å²) in [7, 11) is 0. The maximum atomic E-state index is 12.3. The molecule has 1 aliphatic heterocycles. The Morgan fingerprint density at radius 1 is 0.947 bits per heavy atom. The molecular weight excluding hydrogens is 234 g/mol. The number of carbonyl (C=O) groups is 1. The number of hydrogen-bond donors (Lipinski definition) is 0. The summed E-state index contributed by atoms with van der Waals surface area (Å²) in [6, 6.07) is 19.1. The van der Waals surface area contributed by atoms with Crippen LogP contribution in [0.15, 0.2) is 48.5 Å². The zero-order valence-corrected chi connectivity index (χ0v) is 10.8. The lowest BCUT2D eigenvalue weighted by Gasteiger charge is -2.15. The molecule has 0 saturated carbocycles. The van der Waals surface area contributed by atoms with Crippen LogP contribution in [0.25, 0.3) is 11.1 Å². The van der Waals surface area contributed by atoms with Crippen molar-refractivity contribution in [1.82, 2.24) is 4.90 Å². The van der Waals surface area contributed by atoms with Crippen LogP contribution in [-0.2, 0) is 0 Å². The summed E-state index contributed by atoms with van der Waals surface area (Å²) in [5.74, 6) is 0.107. The fourth-order valence-corrected chi connectivity index (χ4v) is 2.47. The van der Waals surface area contributed by atoms with E-state index in [9.17, 15) is 4.79 Å². The van der Waals surface area contributed by atoms with Crippen molar-refractivity contribution < 1.29 is 4.79 Å². The predicted octanol–water partition coefficient (Wildman–Crippen LogP) is 3.39. The van der Waals surface area contributed by atoms with Gasteiger partial charge in [-0.1, -0.05) is 42.5 Å². The molecule has 3 rings (SSSR count). The minimum Gasteiger partial charge on any atom is -0.339 e. The Bertz CT molecular complexity index is 571. The molecule has 1 radical (unpaired) electrons. The van der Waals surface area contributed by atoms with Crippen LogP contribution < -0.4 is 0 Å². The van der Waals surface area contributed by atoms with Crippen molar-refractivity contribution in [2.75, 3.05) is 13.1 Å².